The largest absolute Gasteiger partial charge is 0.0987 e. The van der Waals surface area contributed by atoms with E-state index < -0.39 is 0 Å². The Bertz CT molecular complexity index is 1550. The molecule has 0 N–H and O–H groups in total. The number of fused-ring (bicyclic) bond motifs is 6. The number of hydrogen-bond donors (Lipinski definition) is 0. The minimum atomic E-state index is 0.0200. The fourth-order valence-corrected chi connectivity index (χ4v) is 5.94. The van der Waals surface area contributed by atoms with Crippen molar-refractivity contribution < 1.29 is 0 Å². The molecule has 4 aromatic rings. The Morgan fingerprint density at radius 1 is 0.758 bits per heavy atom. The first kappa shape index (κ1) is 20.0. The first-order valence-electron chi connectivity index (χ1n) is 11.9. The van der Waals surface area contributed by atoms with Crippen LogP contribution in [-0.4, -0.2) is 0 Å². The molecule has 160 valence electrons. The highest BCUT2D eigenvalue weighted by Gasteiger charge is 2.36. The first-order valence-corrected chi connectivity index (χ1v) is 11.9. The van der Waals surface area contributed by atoms with Gasteiger partial charge in [0.2, 0.25) is 0 Å². The molecule has 0 aliphatic heterocycles. The van der Waals surface area contributed by atoms with E-state index in [0.717, 1.165) is 12.8 Å². The van der Waals surface area contributed by atoms with Crippen LogP contribution in [0, 0.1) is 5.41 Å². The van der Waals surface area contributed by atoms with E-state index in [9.17, 15) is 0 Å². The van der Waals surface area contributed by atoms with Gasteiger partial charge in [0.25, 0.3) is 0 Å². The molecular weight excluding hydrogens is 396 g/mol. The molecular formula is C33H28. The summed E-state index contributed by atoms with van der Waals surface area (Å²) >= 11 is 0. The highest BCUT2D eigenvalue weighted by molar-refractivity contribution is 6.25. The monoisotopic (exact) mass is 424 g/mol. The lowest BCUT2D eigenvalue weighted by molar-refractivity contribution is 0.572. The lowest BCUT2D eigenvalue weighted by atomic mass is 9.79. The van der Waals surface area contributed by atoms with Crippen molar-refractivity contribution in [2.24, 2.45) is 5.41 Å². The fraction of sp³-hybridized carbons (Fsp3) is 0.152. The molecule has 0 saturated carbocycles. The van der Waals surface area contributed by atoms with Crippen LogP contribution < -0.4 is 0 Å². The average Bonchev–Trinajstić information content (AvgIpc) is 3.08. The van der Waals surface area contributed by atoms with Crippen LogP contribution in [0.4, 0.5) is 0 Å². The Hall–Kier alpha value is -3.64. The second-order valence-corrected chi connectivity index (χ2v) is 9.72. The molecule has 0 unspecified atom stereocenters. The Labute approximate surface area is 195 Å². The number of benzene rings is 4. The summed E-state index contributed by atoms with van der Waals surface area (Å²) in [7, 11) is 0. The van der Waals surface area contributed by atoms with Gasteiger partial charge in [-0.3, -0.25) is 0 Å². The predicted octanol–water partition coefficient (Wildman–Crippen LogP) is 9.33. The van der Waals surface area contributed by atoms with Gasteiger partial charge in [0, 0.05) is 5.41 Å². The molecule has 0 heteroatoms. The summed E-state index contributed by atoms with van der Waals surface area (Å²) in [6, 6.07) is 24.4. The lowest BCUT2D eigenvalue weighted by Gasteiger charge is -2.25. The molecule has 4 aromatic carbocycles. The zero-order valence-electron chi connectivity index (χ0n) is 19.4. The molecule has 0 saturated heterocycles. The summed E-state index contributed by atoms with van der Waals surface area (Å²) in [6.07, 6.45) is 13.5. The molecule has 0 aromatic heterocycles. The topological polar surface area (TPSA) is 0 Å². The molecule has 0 fully saturated rings. The molecule has 0 radical (unpaired) electrons. The van der Waals surface area contributed by atoms with Crippen LogP contribution in [-0.2, 0) is 0 Å². The van der Waals surface area contributed by atoms with Crippen LogP contribution in [0.5, 0.6) is 0 Å². The second-order valence-electron chi connectivity index (χ2n) is 9.72. The summed E-state index contributed by atoms with van der Waals surface area (Å²) in [5.74, 6) is 0. The van der Waals surface area contributed by atoms with Gasteiger partial charge in [-0.25, -0.2) is 0 Å². The molecule has 6 rings (SSSR count). The van der Waals surface area contributed by atoms with Gasteiger partial charge < -0.3 is 0 Å². The maximum atomic E-state index is 4.16. The van der Waals surface area contributed by atoms with Crippen molar-refractivity contribution in [3.8, 4) is 0 Å². The van der Waals surface area contributed by atoms with Crippen molar-refractivity contribution in [1.82, 2.24) is 0 Å². The summed E-state index contributed by atoms with van der Waals surface area (Å²) in [5.41, 5.74) is 6.90. The van der Waals surface area contributed by atoms with Crippen LogP contribution in [0.15, 0.2) is 120 Å². The van der Waals surface area contributed by atoms with Crippen LogP contribution >= 0.6 is 0 Å². The molecule has 0 spiro atoms. The van der Waals surface area contributed by atoms with Crippen molar-refractivity contribution in [2.45, 2.75) is 26.7 Å². The van der Waals surface area contributed by atoms with Crippen LogP contribution in [0.25, 0.3) is 38.4 Å². The zero-order valence-corrected chi connectivity index (χ0v) is 19.4. The van der Waals surface area contributed by atoms with Gasteiger partial charge >= 0.3 is 0 Å². The molecule has 2 aliphatic rings. The minimum absolute atomic E-state index is 0.0200. The highest BCUT2D eigenvalue weighted by atomic mass is 14.4. The summed E-state index contributed by atoms with van der Waals surface area (Å²) in [4.78, 5) is 0. The highest BCUT2D eigenvalue weighted by Crippen LogP contribution is 2.51. The maximum absolute atomic E-state index is 4.16. The van der Waals surface area contributed by atoms with E-state index in [2.05, 4.69) is 118 Å². The molecule has 0 atom stereocenters. The zero-order chi connectivity index (χ0) is 22.6. The Morgan fingerprint density at radius 3 is 2.00 bits per heavy atom. The third kappa shape index (κ3) is 2.98. The fourth-order valence-electron chi connectivity index (χ4n) is 5.94. The Kier molecular flexibility index (Phi) is 4.52. The summed E-state index contributed by atoms with van der Waals surface area (Å²) in [5, 5.41) is 7.91. The van der Waals surface area contributed by atoms with E-state index in [0.29, 0.717) is 0 Å². The molecule has 2 aliphatic carbocycles. The van der Waals surface area contributed by atoms with Crippen LogP contribution in [0.1, 0.15) is 32.3 Å². The Morgan fingerprint density at radius 2 is 1.36 bits per heavy atom. The van der Waals surface area contributed by atoms with Crippen molar-refractivity contribution >= 4 is 38.4 Å². The predicted molar refractivity (Wildman–Crippen MR) is 144 cm³/mol. The molecule has 0 nitrogen and oxygen atoms in total. The van der Waals surface area contributed by atoms with Crippen LogP contribution in [0.3, 0.4) is 0 Å². The lowest BCUT2D eigenvalue weighted by Crippen LogP contribution is -2.13. The van der Waals surface area contributed by atoms with Gasteiger partial charge in [-0.15, -0.1) is 0 Å². The second kappa shape index (κ2) is 7.46. The maximum Gasteiger partial charge on any atom is 0.0155 e. The number of hydrogen-bond acceptors (Lipinski definition) is 0. The third-order valence-corrected chi connectivity index (χ3v) is 7.55. The van der Waals surface area contributed by atoms with Crippen molar-refractivity contribution in [2.75, 3.05) is 0 Å². The van der Waals surface area contributed by atoms with Gasteiger partial charge in [0.1, 0.15) is 0 Å². The first-order chi connectivity index (χ1) is 16.1. The average molecular weight is 425 g/mol. The van der Waals surface area contributed by atoms with E-state index in [1.807, 2.05) is 0 Å². The summed E-state index contributed by atoms with van der Waals surface area (Å²) in [6.45, 7) is 8.81. The van der Waals surface area contributed by atoms with Crippen molar-refractivity contribution in [1.29, 1.82) is 0 Å². The SMILES string of the molecule is C=CC1=C(/C=C\c2ccc3c4ccccc4c4ccccc4c3c2)C2=C(C=CCC2)C1(C)C. The van der Waals surface area contributed by atoms with E-state index in [1.165, 1.54) is 60.2 Å². The molecule has 33 heavy (non-hydrogen) atoms. The van der Waals surface area contributed by atoms with Crippen LogP contribution in [0.2, 0.25) is 0 Å². The standard InChI is InChI=1S/C33H28/c1-4-31-29(28-15-9-10-16-32(28)33(31,2)3)20-18-22-17-19-27-25-13-6-5-11-23(25)24-12-7-8-14-26(24)30(27)21-22/h4-8,10-14,16-21H,1,9,15H2,2-3H3/b20-18-. The molecule has 0 bridgehead atoms. The van der Waals surface area contributed by atoms with E-state index in [-0.39, 0.29) is 5.41 Å². The van der Waals surface area contributed by atoms with E-state index in [1.54, 1.807) is 0 Å². The smallest absolute Gasteiger partial charge is 0.0155 e. The van der Waals surface area contributed by atoms with E-state index >= 15 is 0 Å². The van der Waals surface area contributed by atoms with Gasteiger partial charge in [0.05, 0.1) is 0 Å². The van der Waals surface area contributed by atoms with Gasteiger partial charge in [-0.05, 0) is 79.1 Å². The normalized spacial score (nSPS) is 17.6. The van der Waals surface area contributed by atoms with Crippen molar-refractivity contribution in [3.05, 3.63) is 125 Å². The minimum Gasteiger partial charge on any atom is -0.0987 e. The van der Waals surface area contributed by atoms with Gasteiger partial charge in [-0.2, -0.15) is 0 Å². The molecule has 0 amide bonds. The number of rotatable bonds is 3. The van der Waals surface area contributed by atoms with Crippen molar-refractivity contribution in [3.63, 3.8) is 0 Å². The number of allylic oxidation sites excluding steroid dienone is 8. The van der Waals surface area contributed by atoms with Gasteiger partial charge in [0.15, 0.2) is 0 Å². The molecule has 0 heterocycles. The quantitative estimate of drug-likeness (QED) is 0.287. The summed E-state index contributed by atoms with van der Waals surface area (Å²) < 4.78 is 0. The van der Waals surface area contributed by atoms with E-state index in [4.69, 9.17) is 0 Å². The van der Waals surface area contributed by atoms with Gasteiger partial charge in [-0.1, -0.05) is 111 Å². The third-order valence-electron chi connectivity index (χ3n) is 7.55. The Balaban J connectivity index is 1.53.